The van der Waals surface area contributed by atoms with E-state index in [1.807, 2.05) is 4.90 Å². The van der Waals surface area contributed by atoms with E-state index in [1.165, 1.54) is 6.42 Å². The monoisotopic (exact) mass is 269 g/mol. The van der Waals surface area contributed by atoms with Gasteiger partial charge in [0, 0.05) is 39.3 Å². The average molecular weight is 269 g/mol. The number of nitrogens with one attached hydrogen (secondary N) is 1. The highest BCUT2D eigenvalue weighted by atomic mass is 16.5. The normalized spacial score (nSPS) is 25.8. The minimum Gasteiger partial charge on any atom is -0.366 e. The molecule has 2 aliphatic rings. The van der Waals surface area contributed by atoms with Crippen LogP contribution in [0.3, 0.4) is 0 Å². The second kappa shape index (κ2) is 7.22. The van der Waals surface area contributed by atoms with Crippen molar-refractivity contribution < 1.29 is 9.53 Å². The molecule has 0 spiro atoms. The van der Waals surface area contributed by atoms with Crippen molar-refractivity contribution in [2.75, 3.05) is 52.4 Å². The summed E-state index contributed by atoms with van der Waals surface area (Å²) >= 11 is 0. The molecule has 19 heavy (non-hydrogen) atoms. The summed E-state index contributed by atoms with van der Waals surface area (Å²) in [6.45, 7) is 11.5. The third kappa shape index (κ3) is 4.44. The molecule has 1 amide bonds. The quantitative estimate of drug-likeness (QED) is 0.790. The molecular formula is C14H27N3O2. The second-order valence-electron chi connectivity index (χ2n) is 5.91. The van der Waals surface area contributed by atoms with Crippen molar-refractivity contribution in [3.63, 3.8) is 0 Å². The Balaban J connectivity index is 1.71. The SMILES string of the molecule is CC(C)CCN1CCN(C(=O)C2CNCCO2)CC1. The smallest absolute Gasteiger partial charge is 0.253 e. The fourth-order valence-corrected chi connectivity index (χ4v) is 2.56. The molecule has 0 aromatic rings. The van der Waals surface area contributed by atoms with Gasteiger partial charge in [-0.1, -0.05) is 13.8 Å². The number of piperazine rings is 1. The molecule has 1 atom stereocenters. The summed E-state index contributed by atoms with van der Waals surface area (Å²) in [7, 11) is 0. The van der Waals surface area contributed by atoms with Gasteiger partial charge in [-0.2, -0.15) is 0 Å². The zero-order chi connectivity index (χ0) is 13.7. The number of carbonyl (C=O) groups excluding carboxylic acids is 1. The topological polar surface area (TPSA) is 44.8 Å². The number of carbonyl (C=O) groups is 1. The molecular weight excluding hydrogens is 242 g/mol. The largest absolute Gasteiger partial charge is 0.366 e. The van der Waals surface area contributed by atoms with E-state index in [4.69, 9.17) is 4.74 Å². The summed E-state index contributed by atoms with van der Waals surface area (Å²) in [5.74, 6) is 0.914. The van der Waals surface area contributed by atoms with Crippen molar-refractivity contribution >= 4 is 5.91 Å². The molecule has 0 radical (unpaired) electrons. The standard InChI is InChI=1S/C14H27N3O2/c1-12(2)3-5-16-6-8-17(9-7-16)14(18)13-11-15-4-10-19-13/h12-13,15H,3-11H2,1-2H3. The van der Waals surface area contributed by atoms with E-state index < -0.39 is 0 Å². The van der Waals surface area contributed by atoms with Crippen molar-refractivity contribution in [3.05, 3.63) is 0 Å². The molecule has 110 valence electrons. The Morgan fingerprint density at radius 1 is 1.32 bits per heavy atom. The number of hydrogen-bond donors (Lipinski definition) is 1. The Bertz CT molecular complexity index is 282. The maximum atomic E-state index is 12.3. The molecule has 5 nitrogen and oxygen atoms in total. The van der Waals surface area contributed by atoms with Crippen LogP contribution in [0, 0.1) is 5.92 Å². The van der Waals surface area contributed by atoms with Gasteiger partial charge in [0.25, 0.3) is 5.91 Å². The average Bonchev–Trinajstić information content (AvgIpc) is 2.46. The van der Waals surface area contributed by atoms with E-state index in [1.54, 1.807) is 0 Å². The zero-order valence-electron chi connectivity index (χ0n) is 12.2. The van der Waals surface area contributed by atoms with E-state index in [0.29, 0.717) is 13.2 Å². The van der Waals surface area contributed by atoms with Gasteiger partial charge in [0.05, 0.1) is 6.61 Å². The van der Waals surface area contributed by atoms with Gasteiger partial charge in [0.1, 0.15) is 6.10 Å². The van der Waals surface area contributed by atoms with Crippen LogP contribution in [0.1, 0.15) is 20.3 Å². The molecule has 5 heteroatoms. The summed E-state index contributed by atoms with van der Waals surface area (Å²) in [4.78, 5) is 16.7. The number of morpholine rings is 1. The molecule has 2 heterocycles. The van der Waals surface area contributed by atoms with Gasteiger partial charge in [-0.05, 0) is 18.9 Å². The predicted molar refractivity (Wildman–Crippen MR) is 75.1 cm³/mol. The molecule has 0 saturated carbocycles. The van der Waals surface area contributed by atoms with Crippen LogP contribution >= 0.6 is 0 Å². The lowest BCUT2D eigenvalue weighted by Gasteiger charge is -2.37. The van der Waals surface area contributed by atoms with Crippen LogP contribution in [0.2, 0.25) is 0 Å². The van der Waals surface area contributed by atoms with Gasteiger partial charge >= 0.3 is 0 Å². The predicted octanol–water partition coefficient (Wildman–Crippen LogP) is 0.165. The van der Waals surface area contributed by atoms with Gasteiger partial charge in [0.15, 0.2) is 0 Å². The molecule has 0 aromatic heterocycles. The van der Waals surface area contributed by atoms with Crippen LogP contribution < -0.4 is 5.32 Å². The third-order valence-corrected chi connectivity index (χ3v) is 3.91. The van der Waals surface area contributed by atoms with Gasteiger partial charge in [-0.25, -0.2) is 0 Å². The van der Waals surface area contributed by atoms with E-state index >= 15 is 0 Å². The van der Waals surface area contributed by atoms with Crippen LogP contribution in [0.4, 0.5) is 0 Å². The first-order chi connectivity index (χ1) is 9.16. The van der Waals surface area contributed by atoms with Crippen LogP contribution in [0.5, 0.6) is 0 Å². The summed E-state index contributed by atoms with van der Waals surface area (Å²) in [6, 6.07) is 0. The lowest BCUT2D eigenvalue weighted by Crippen LogP contribution is -2.55. The first-order valence-corrected chi connectivity index (χ1v) is 7.50. The Morgan fingerprint density at radius 2 is 2.05 bits per heavy atom. The molecule has 0 aliphatic carbocycles. The van der Waals surface area contributed by atoms with Gasteiger partial charge in [-0.15, -0.1) is 0 Å². The first kappa shape index (κ1) is 14.8. The molecule has 2 saturated heterocycles. The highest BCUT2D eigenvalue weighted by molar-refractivity contribution is 5.81. The van der Waals surface area contributed by atoms with Gasteiger partial charge < -0.3 is 15.0 Å². The summed E-state index contributed by atoms with van der Waals surface area (Å²) < 4.78 is 5.53. The second-order valence-corrected chi connectivity index (χ2v) is 5.91. The maximum absolute atomic E-state index is 12.3. The number of ether oxygens (including phenoxy) is 1. The lowest BCUT2D eigenvalue weighted by atomic mass is 10.1. The van der Waals surface area contributed by atoms with Crippen molar-refractivity contribution in [2.24, 2.45) is 5.92 Å². The molecule has 2 rings (SSSR count). The van der Waals surface area contributed by atoms with Crippen molar-refractivity contribution in [1.29, 1.82) is 0 Å². The fourth-order valence-electron chi connectivity index (χ4n) is 2.56. The van der Waals surface area contributed by atoms with E-state index in [9.17, 15) is 4.79 Å². The molecule has 0 bridgehead atoms. The van der Waals surface area contributed by atoms with E-state index in [0.717, 1.165) is 45.2 Å². The van der Waals surface area contributed by atoms with Crippen LogP contribution in [0.25, 0.3) is 0 Å². The Labute approximate surface area is 116 Å². The number of hydrogen-bond acceptors (Lipinski definition) is 4. The van der Waals surface area contributed by atoms with Crippen molar-refractivity contribution in [1.82, 2.24) is 15.1 Å². The molecule has 2 aliphatic heterocycles. The highest BCUT2D eigenvalue weighted by Gasteiger charge is 2.29. The first-order valence-electron chi connectivity index (χ1n) is 7.50. The Kier molecular flexibility index (Phi) is 5.60. The summed E-state index contributed by atoms with van der Waals surface area (Å²) in [6.07, 6.45) is 0.972. The van der Waals surface area contributed by atoms with Crippen molar-refractivity contribution in [2.45, 2.75) is 26.4 Å². The summed E-state index contributed by atoms with van der Waals surface area (Å²) in [5.41, 5.74) is 0. The molecule has 2 fully saturated rings. The van der Waals surface area contributed by atoms with E-state index in [2.05, 4.69) is 24.1 Å². The number of nitrogens with zero attached hydrogens (tertiary/aromatic N) is 2. The minimum atomic E-state index is -0.268. The van der Waals surface area contributed by atoms with E-state index in [-0.39, 0.29) is 12.0 Å². The van der Waals surface area contributed by atoms with Gasteiger partial charge in [-0.3, -0.25) is 9.69 Å². The number of rotatable bonds is 4. The Hall–Kier alpha value is -0.650. The lowest BCUT2D eigenvalue weighted by molar-refractivity contribution is -0.147. The van der Waals surface area contributed by atoms with Crippen LogP contribution in [-0.2, 0) is 9.53 Å². The zero-order valence-corrected chi connectivity index (χ0v) is 12.2. The molecule has 1 N–H and O–H groups in total. The van der Waals surface area contributed by atoms with Crippen LogP contribution in [0.15, 0.2) is 0 Å². The molecule has 1 unspecified atom stereocenters. The van der Waals surface area contributed by atoms with Gasteiger partial charge in [0.2, 0.25) is 0 Å². The Morgan fingerprint density at radius 3 is 2.63 bits per heavy atom. The minimum absolute atomic E-state index is 0.163. The molecule has 0 aromatic carbocycles. The fraction of sp³-hybridized carbons (Fsp3) is 0.929. The number of amides is 1. The highest BCUT2D eigenvalue weighted by Crippen LogP contribution is 2.09. The summed E-state index contributed by atoms with van der Waals surface area (Å²) in [5, 5.41) is 3.21. The van der Waals surface area contributed by atoms with Crippen molar-refractivity contribution in [3.8, 4) is 0 Å². The third-order valence-electron chi connectivity index (χ3n) is 3.91. The van der Waals surface area contributed by atoms with Crippen LogP contribution in [-0.4, -0.2) is 74.2 Å². The maximum Gasteiger partial charge on any atom is 0.253 e.